The van der Waals surface area contributed by atoms with E-state index in [1.807, 2.05) is 7.05 Å². The number of aromatic nitrogens is 2. The third-order valence-corrected chi connectivity index (χ3v) is 3.25. The highest BCUT2D eigenvalue weighted by molar-refractivity contribution is 5.90. The molecule has 19 heavy (non-hydrogen) atoms. The molecule has 108 valence electrons. The topological polar surface area (TPSA) is 56.1 Å². The molecule has 0 fully saturated rings. The Morgan fingerprint density at radius 2 is 2.21 bits per heavy atom. The second-order valence-corrected chi connectivity index (χ2v) is 4.62. The van der Waals surface area contributed by atoms with Gasteiger partial charge in [0.05, 0.1) is 18.5 Å². The smallest absolute Gasteiger partial charge is 0.341 e. The molecule has 0 aliphatic rings. The van der Waals surface area contributed by atoms with Crippen molar-refractivity contribution in [2.45, 2.75) is 52.6 Å². The molecule has 0 spiro atoms. The van der Waals surface area contributed by atoms with Crippen LogP contribution in [-0.4, -0.2) is 28.4 Å². The van der Waals surface area contributed by atoms with Crippen molar-refractivity contribution in [3.05, 3.63) is 17.5 Å². The number of nitrogens with one attached hydrogen (secondary N) is 1. The third kappa shape index (κ3) is 4.35. The molecular weight excluding hydrogens is 242 g/mol. The third-order valence-electron chi connectivity index (χ3n) is 3.25. The van der Waals surface area contributed by atoms with Crippen molar-refractivity contribution < 1.29 is 9.53 Å². The molecule has 0 radical (unpaired) electrons. The van der Waals surface area contributed by atoms with E-state index in [1.54, 1.807) is 17.8 Å². The van der Waals surface area contributed by atoms with E-state index in [9.17, 15) is 4.79 Å². The van der Waals surface area contributed by atoms with Gasteiger partial charge in [-0.25, -0.2) is 4.79 Å². The van der Waals surface area contributed by atoms with Crippen molar-refractivity contribution >= 4 is 5.97 Å². The first-order valence-corrected chi connectivity index (χ1v) is 7.05. The molecule has 1 heterocycles. The summed E-state index contributed by atoms with van der Waals surface area (Å²) >= 11 is 0. The summed E-state index contributed by atoms with van der Waals surface area (Å²) < 4.78 is 6.78. The maximum Gasteiger partial charge on any atom is 0.341 e. The van der Waals surface area contributed by atoms with Crippen LogP contribution in [0.4, 0.5) is 0 Å². The Morgan fingerprint density at radius 3 is 2.79 bits per heavy atom. The molecule has 0 amide bonds. The highest BCUT2D eigenvalue weighted by Gasteiger charge is 2.17. The molecule has 0 aliphatic carbocycles. The fourth-order valence-corrected chi connectivity index (χ4v) is 2.09. The van der Waals surface area contributed by atoms with Gasteiger partial charge in [-0.3, -0.25) is 4.68 Å². The van der Waals surface area contributed by atoms with Gasteiger partial charge in [-0.1, -0.05) is 20.3 Å². The van der Waals surface area contributed by atoms with Gasteiger partial charge in [-0.05, 0) is 19.8 Å². The summed E-state index contributed by atoms with van der Waals surface area (Å²) in [6.07, 6.45) is 4.96. The molecule has 5 nitrogen and oxygen atoms in total. The van der Waals surface area contributed by atoms with Crippen LogP contribution in [0.25, 0.3) is 0 Å². The molecular formula is C14H25N3O2. The number of nitrogens with zero attached hydrogens (tertiary/aromatic N) is 2. The van der Waals surface area contributed by atoms with Crippen molar-refractivity contribution in [1.29, 1.82) is 0 Å². The first-order valence-electron chi connectivity index (χ1n) is 7.05. The van der Waals surface area contributed by atoms with E-state index in [2.05, 4.69) is 24.3 Å². The first kappa shape index (κ1) is 15.7. The second kappa shape index (κ2) is 7.94. The van der Waals surface area contributed by atoms with Gasteiger partial charge < -0.3 is 10.1 Å². The summed E-state index contributed by atoms with van der Waals surface area (Å²) in [6.45, 7) is 7.18. The Morgan fingerprint density at radius 1 is 1.47 bits per heavy atom. The van der Waals surface area contributed by atoms with Crippen LogP contribution in [-0.2, 0) is 18.3 Å². The minimum absolute atomic E-state index is 0.295. The van der Waals surface area contributed by atoms with Gasteiger partial charge in [-0.15, -0.1) is 0 Å². The second-order valence-electron chi connectivity index (χ2n) is 4.62. The van der Waals surface area contributed by atoms with Crippen LogP contribution < -0.4 is 5.32 Å². The number of carbonyl (C=O) groups is 1. The lowest BCUT2D eigenvalue weighted by Crippen LogP contribution is -2.29. The quantitative estimate of drug-likeness (QED) is 0.734. The highest BCUT2D eigenvalue weighted by Crippen LogP contribution is 2.11. The number of ether oxygens (including phenoxy) is 1. The zero-order valence-corrected chi connectivity index (χ0v) is 12.4. The van der Waals surface area contributed by atoms with Gasteiger partial charge in [0.15, 0.2) is 0 Å². The van der Waals surface area contributed by atoms with Crippen LogP contribution >= 0.6 is 0 Å². The van der Waals surface area contributed by atoms with Crippen LogP contribution in [0.2, 0.25) is 0 Å². The Kier molecular flexibility index (Phi) is 6.56. The molecule has 1 aromatic heterocycles. The van der Waals surface area contributed by atoms with Gasteiger partial charge in [0, 0.05) is 19.6 Å². The summed E-state index contributed by atoms with van der Waals surface area (Å²) in [5.41, 5.74) is 1.44. The van der Waals surface area contributed by atoms with E-state index >= 15 is 0 Å². The van der Waals surface area contributed by atoms with Crippen LogP contribution in [0.3, 0.4) is 0 Å². The summed E-state index contributed by atoms with van der Waals surface area (Å²) in [5, 5.41) is 7.63. The Balaban J connectivity index is 2.71. The molecule has 0 bridgehead atoms. The normalized spacial score (nSPS) is 12.4. The number of esters is 1. The lowest BCUT2D eigenvalue weighted by molar-refractivity contribution is 0.0524. The average molecular weight is 267 g/mol. The summed E-state index contributed by atoms with van der Waals surface area (Å²) in [5.74, 6) is -0.295. The lowest BCUT2D eigenvalue weighted by atomic mass is 10.1. The van der Waals surface area contributed by atoms with E-state index in [-0.39, 0.29) is 5.97 Å². The SMILES string of the molecule is CCCC(CC)NCc1c(C(=O)OCC)cnn1C. The molecule has 1 rings (SSSR count). The Bertz CT molecular complexity index is 401. The number of hydrogen-bond acceptors (Lipinski definition) is 4. The Labute approximate surface area is 115 Å². The average Bonchev–Trinajstić information content (AvgIpc) is 2.76. The van der Waals surface area contributed by atoms with Gasteiger partial charge in [0.2, 0.25) is 0 Å². The number of aryl methyl sites for hydroxylation is 1. The zero-order valence-electron chi connectivity index (χ0n) is 12.4. The standard InChI is InChI=1S/C14H25N3O2/c1-5-8-11(6-2)15-10-13-12(9-16-17(13)4)14(18)19-7-3/h9,11,15H,5-8,10H2,1-4H3. The van der Waals surface area contributed by atoms with Gasteiger partial charge in [0.25, 0.3) is 0 Å². The zero-order chi connectivity index (χ0) is 14.3. The lowest BCUT2D eigenvalue weighted by Gasteiger charge is -2.16. The minimum atomic E-state index is -0.295. The fourth-order valence-electron chi connectivity index (χ4n) is 2.09. The maximum absolute atomic E-state index is 11.8. The van der Waals surface area contributed by atoms with Crippen molar-refractivity contribution in [1.82, 2.24) is 15.1 Å². The maximum atomic E-state index is 11.8. The number of carbonyl (C=O) groups excluding carboxylic acids is 1. The van der Waals surface area contributed by atoms with Gasteiger partial charge in [-0.2, -0.15) is 5.10 Å². The molecule has 0 saturated carbocycles. The van der Waals surface area contributed by atoms with E-state index in [1.165, 1.54) is 0 Å². The van der Waals surface area contributed by atoms with E-state index in [0.29, 0.717) is 24.8 Å². The largest absolute Gasteiger partial charge is 0.462 e. The molecule has 1 unspecified atom stereocenters. The summed E-state index contributed by atoms with van der Waals surface area (Å²) in [6, 6.07) is 0.481. The Hall–Kier alpha value is -1.36. The van der Waals surface area contributed by atoms with Crippen molar-refractivity contribution in [2.75, 3.05) is 6.61 Å². The summed E-state index contributed by atoms with van der Waals surface area (Å²) in [7, 11) is 1.85. The van der Waals surface area contributed by atoms with Crippen LogP contribution in [0, 0.1) is 0 Å². The van der Waals surface area contributed by atoms with E-state index in [0.717, 1.165) is 25.0 Å². The molecule has 0 aromatic carbocycles. The highest BCUT2D eigenvalue weighted by atomic mass is 16.5. The number of rotatable bonds is 8. The monoisotopic (exact) mass is 267 g/mol. The minimum Gasteiger partial charge on any atom is -0.462 e. The van der Waals surface area contributed by atoms with Crippen LogP contribution in [0.1, 0.15) is 56.1 Å². The van der Waals surface area contributed by atoms with Crippen molar-refractivity contribution in [3.8, 4) is 0 Å². The number of hydrogen-bond donors (Lipinski definition) is 1. The molecule has 1 aromatic rings. The van der Waals surface area contributed by atoms with Crippen LogP contribution in [0.5, 0.6) is 0 Å². The van der Waals surface area contributed by atoms with E-state index in [4.69, 9.17) is 4.74 Å². The van der Waals surface area contributed by atoms with Gasteiger partial charge >= 0.3 is 5.97 Å². The molecule has 1 atom stereocenters. The molecule has 1 N–H and O–H groups in total. The predicted octanol–water partition coefficient (Wildman–Crippen LogP) is 2.27. The molecule has 0 saturated heterocycles. The van der Waals surface area contributed by atoms with Gasteiger partial charge in [0.1, 0.15) is 5.56 Å². The fraction of sp³-hybridized carbons (Fsp3) is 0.714. The predicted molar refractivity (Wildman–Crippen MR) is 75.0 cm³/mol. The van der Waals surface area contributed by atoms with Crippen molar-refractivity contribution in [2.24, 2.45) is 7.05 Å². The molecule has 0 aliphatic heterocycles. The van der Waals surface area contributed by atoms with Crippen LogP contribution in [0.15, 0.2) is 6.20 Å². The summed E-state index contributed by atoms with van der Waals surface area (Å²) in [4.78, 5) is 11.8. The first-order chi connectivity index (χ1) is 9.13. The molecule has 5 heteroatoms. The van der Waals surface area contributed by atoms with Crippen molar-refractivity contribution in [3.63, 3.8) is 0 Å². The van der Waals surface area contributed by atoms with E-state index < -0.39 is 0 Å².